The van der Waals surface area contributed by atoms with Gasteiger partial charge >= 0.3 is 0 Å². The van der Waals surface area contributed by atoms with Crippen molar-refractivity contribution in [3.63, 3.8) is 0 Å². The fraction of sp³-hybridized carbons (Fsp3) is 0.571. The maximum absolute atomic E-state index is 11.0. The van der Waals surface area contributed by atoms with Gasteiger partial charge in [-0.1, -0.05) is 5.16 Å². The summed E-state index contributed by atoms with van der Waals surface area (Å²) in [6.45, 7) is 3.54. The van der Waals surface area contributed by atoms with Gasteiger partial charge in [0, 0.05) is 0 Å². The van der Waals surface area contributed by atoms with Crippen LogP contribution in [0.1, 0.15) is 18.6 Å². The van der Waals surface area contributed by atoms with Crippen LogP contribution in [0.5, 0.6) is 0 Å². The second kappa shape index (κ2) is 3.99. The molecular formula is C7H12N4O2. The molecule has 0 saturated heterocycles. The Morgan fingerprint density at radius 2 is 2.46 bits per heavy atom. The average molecular weight is 184 g/mol. The van der Waals surface area contributed by atoms with Gasteiger partial charge in [-0.05, 0) is 13.8 Å². The first-order valence-corrected chi connectivity index (χ1v) is 3.92. The van der Waals surface area contributed by atoms with Gasteiger partial charge in [0.2, 0.25) is 11.8 Å². The molecule has 0 bridgehead atoms. The summed E-state index contributed by atoms with van der Waals surface area (Å²) in [5.41, 5.74) is 5.33. The molecule has 0 aliphatic carbocycles. The van der Waals surface area contributed by atoms with Crippen LogP contribution in [0.25, 0.3) is 0 Å². The van der Waals surface area contributed by atoms with Crippen LogP contribution in [0.2, 0.25) is 0 Å². The molecule has 13 heavy (non-hydrogen) atoms. The number of aromatic nitrogens is 2. The van der Waals surface area contributed by atoms with Crippen molar-refractivity contribution in [2.75, 3.05) is 0 Å². The second-order valence-electron chi connectivity index (χ2n) is 2.74. The third kappa shape index (κ3) is 2.83. The van der Waals surface area contributed by atoms with Gasteiger partial charge < -0.3 is 15.6 Å². The minimum Gasteiger partial charge on any atom is -0.346 e. The van der Waals surface area contributed by atoms with E-state index in [1.807, 2.05) is 0 Å². The minimum atomic E-state index is -0.524. The summed E-state index contributed by atoms with van der Waals surface area (Å²) in [6, 6.07) is -0.524. The quantitative estimate of drug-likeness (QED) is 0.650. The highest BCUT2D eigenvalue weighted by molar-refractivity contribution is 5.80. The normalized spacial score (nSPS) is 12.5. The van der Waals surface area contributed by atoms with Crippen LogP contribution in [-0.2, 0) is 11.3 Å². The zero-order valence-corrected chi connectivity index (χ0v) is 7.57. The summed E-state index contributed by atoms with van der Waals surface area (Å²) in [7, 11) is 0. The third-order valence-electron chi connectivity index (χ3n) is 1.40. The van der Waals surface area contributed by atoms with Crippen molar-refractivity contribution in [1.29, 1.82) is 0 Å². The average Bonchev–Trinajstić information content (AvgIpc) is 2.47. The van der Waals surface area contributed by atoms with E-state index < -0.39 is 6.04 Å². The summed E-state index contributed by atoms with van der Waals surface area (Å²) >= 11 is 0. The Morgan fingerprint density at radius 3 is 2.92 bits per heavy atom. The highest BCUT2D eigenvalue weighted by atomic mass is 16.5. The van der Waals surface area contributed by atoms with E-state index in [9.17, 15) is 4.79 Å². The van der Waals surface area contributed by atoms with E-state index in [-0.39, 0.29) is 12.5 Å². The molecule has 0 fully saturated rings. The van der Waals surface area contributed by atoms with Crippen molar-refractivity contribution in [3.05, 3.63) is 11.7 Å². The first-order valence-electron chi connectivity index (χ1n) is 3.92. The molecule has 0 aliphatic heterocycles. The molecule has 0 radical (unpaired) electrons. The predicted octanol–water partition coefficient (Wildman–Crippen LogP) is -0.659. The van der Waals surface area contributed by atoms with Crippen LogP contribution >= 0.6 is 0 Å². The summed E-state index contributed by atoms with van der Waals surface area (Å²) in [5.74, 6) is 0.687. The summed E-state index contributed by atoms with van der Waals surface area (Å²) in [4.78, 5) is 14.9. The zero-order valence-electron chi connectivity index (χ0n) is 7.57. The number of hydrogen-bond donors (Lipinski definition) is 2. The molecule has 6 heteroatoms. The molecule has 1 unspecified atom stereocenters. The first kappa shape index (κ1) is 9.66. The molecule has 1 heterocycles. The number of amides is 1. The van der Waals surface area contributed by atoms with Gasteiger partial charge in [0.1, 0.15) is 0 Å². The second-order valence-corrected chi connectivity index (χ2v) is 2.74. The highest BCUT2D eigenvalue weighted by Crippen LogP contribution is 1.94. The Labute approximate surface area is 75.5 Å². The number of nitrogens with zero attached hydrogens (tertiary/aromatic N) is 2. The molecule has 1 rings (SSSR count). The lowest BCUT2D eigenvalue weighted by Gasteiger charge is -2.03. The van der Waals surface area contributed by atoms with Crippen LogP contribution < -0.4 is 11.1 Å². The molecule has 6 nitrogen and oxygen atoms in total. The molecule has 0 saturated carbocycles. The number of nitrogens with one attached hydrogen (secondary N) is 1. The SMILES string of the molecule is Cc1noc(CNC(=O)C(C)N)n1. The number of carbonyl (C=O) groups is 1. The molecule has 0 aromatic carbocycles. The number of rotatable bonds is 3. The van der Waals surface area contributed by atoms with Gasteiger partial charge in [-0.2, -0.15) is 4.98 Å². The van der Waals surface area contributed by atoms with Crippen LogP contribution in [0.3, 0.4) is 0 Å². The highest BCUT2D eigenvalue weighted by Gasteiger charge is 2.08. The first-order chi connectivity index (χ1) is 6.09. The summed E-state index contributed by atoms with van der Waals surface area (Å²) < 4.78 is 4.78. The summed E-state index contributed by atoms with van der Waals surface area (Å²) in [5, 5.41) is 6.12. The molecule has 1 amide bonds. The number of aryl methyl sites for hydroxylation is 1. The van der Waals surface area contributed by atoms with Crippen LogP contribution in [0, 0.1) is 6.92 Å². The van der Waals surface area contributed by atoms with Gasteiger partial charge in [-0.25, -0.2) is 0 Å². The lowest BCUT2D eigenvalue weighted by atomic mass is 10.3. The monoisotopic (exact) mass is 184 g/mol. The van der Waals surface area contributed by atoms with Crippen molar-refractivity contribution >= 4 is 5.91 Å². The van der Waals surface area contributed by atoms with Gasteiger partial charge in [0.05, 0.1) is 12.6 Å². The largest absolute Gasteiger partial charge is 0.346 e. The number of nitrogens with two attached hydrogens (primary N) is 1. The molecule has 0 spiro atoms. The third-order valence-corrected chi connectivity index (χ3v) is 1.40. The van der Waals surface area contributed by atoms with E-state index in [1.165, 1.54) is 0 Å². The Balaban J connectivity index is 2.39. The number of hydrogen-bond acceptors (Lipinski definition) is 5. The van der Waals surface area contributed by atoms with Gasteiger partial charge in [0.15, 0.2) is 5.82 Å². The van der Waals surface area contributed by atoms with Crippen LogP contribution in [0.4, 0.5) is 0 Å². The standard InChI is InChI=1S/C7H12N4O2/c1-4(8)7(12)9-3-6-10-5(2)11-13-6/h4H,3,8H2,1-2H3,(H,9,12). The Bertz CT molecular complexity index is 294. The van der Waals surface area contributed by atoms with Gasteiger partial charge in [-0.3, -0.25) is 4.79 Å². The number of carbonyl (C=O) groups excluding carboxylic acids is 1. The Kier molecular flexibility index (Phi) is 2.97. The minimum absolute atomic E-state index is 0.223. The Hall–Kier alpha value is -1.43. The lowest BCUT2D eigenvalue weighted by molar-refractivity contribution is -0.122. The fourth-order valence-corrected chi connectivity index (χ4v) is 0.736. The maximum Gasteiger partial charge on any atom is 0.246 e. The van der Waals surface area contributed by atoms with E-state index in [2.05, 4.69) is 15.5 Å². The summed E-state index contributed by atoms with van der Waals surface area (Å²) in [6.07, 6.45) is 0. The van der Waals surface area contributed by atoms with Crippen molar-refractivity contribution < 1.29 is 9.32 Å². The molecule has 0 aliphatic rings. The van der Waals surface area contributed by atoms with Gasteiger partial charge in [-0.15, -0.1) is 0 Å². The lowest BCUT2D eigenvalue weighted by Crippen LogP contribution is -2.37. The predicted molar refractivity (Wildman–Crippen MR) is 44.5 cm³/mol. The van der Waals surface area contributed by atoms with E-state index in [0.29, 0.717) is 11.7 Å². The molecule has 1 aromatic heterocycles. The molecule has 1 aromatic rings. The molecular weight excluding hydrogens is 172 g/mol. The van der Waals surface area contributed by atoms with E-state index >= 15 is 0 Å². The molecule has 72 valence electrons. The van der Waals surface area contributed by atoms with Crippen molar-refractivity contribution in [1.82, 2.24) is 15.5 Å². The van der Waals surface area contributed by atoms with E-state index in [1.54, 1.807) is 13.8 Å². The van der Waals surface area contributed by atoms with Crippen LogP contribution in [-0.4, -0.2) is 22.1 Å². The fourth-order valence-electron chi connectivity index (χ4n) is 0.736. The smallest absolute Gasteiger partial charge is 0.246 e. The maximum atomic E-state index is 11.0. The topological polar surface area (TPSA) is 94.0 Å². The van der Waals surface area contributed by atoms with Gasteiger partial charge in [0.25, 0.3) is 0 Å². The van der Waals surface area contributed by atoms with Crippen molar-refractivity contribution in [2.45, 2.75) is 26.4 Å². The van der Waals surface area contributed by atoms with Crippen molar-refractivity contribution in [2.24, 2.45) is 5.73 Å². The molecule has 1 atom stereocenters. The Morgan fingerprint density at radius 1 is 1.77 bits per heavy atom. The zero-order chi connectivity index (χ0) is 9.84. The van der Waals surface area contributed by atoms with Crippen LogP contribution in [0.15, 0.2) is 4.52 Å². The molecule has 3 N–H and O–H groups in total. The van der Waals surface area contributed by atoms with Crippen molar-refractivity contribution in [3.8, 4) is 0 Å². The van der Waals surface area contributed by atoms with E-state index in [4.69, 9.17) is 10.3 Å². The van der Waals surface area contributed by atoms with E-state index in [0.717, 1.165) is 0 Å².